The average Bonchev–Trinajstić information content (AvgIpc) is 2.49. The first kappa shape index (κ1) is 17.5. The van der Waals surface area contributed by atoms with Gasteiger partial charge in [0.05, 0.1) is 10.8 Å². The normalized spacial score (nSPS) is 15.7. The molecule has 1 aliphatic rings. The first-order valence-corrected chi connectivity index (χ1v) is 8.89. The zero-order valence-electron chi connectivity index (χ0n) is 12.3. The molecule has 3 nitrogen and oxygen atoms in total. The minimum Gasteiger partial charge on any atom is -0.357 e. The van der Waals surface area contributed by atoms with Gasteiger partial charge in [0, 0.05) is 18.8 Å². The molecule has 120 valence electrons. The Kier molecular flexibility index (Phi) is 6.47. The summed E-state index contributed by atoms with van der Waals surface area (Å²) in [6.45, 7) is 4.17. The Morgan fingerprint density at radius 2 is 2.18 bits per heavy atom. The molecular formula is C15H18ClFN2OS2. The largest absolute Gasteiger partial charge is 0.357 e. The molecule has 1 fully saturated rings. The predicted octanol–water partition coefficient (Wildman–Crippen LogP) is 4.17. The number of thiocarbonyl (C=S) groups is 1. The molecular weight excluding hydrogens is 343 g/mol. The van der Waals surface area contributed by atoms with E-state index in [0.29, 0.717) is 5.69 Å². The van der Waals surface area contributed by atoms with Gasteiger partial charge in [-0.15, -0.1) is 0 Å². The molecule has 0 spiro atoms. The number of nitrogens with one attached hydrogen (secondary N) is 1. The first-order chi connectivity index (χ1) is 10.5. The van der Waals surface area contributed by atoms with E-state index in [2.05, 4.69) is 17.1 Å². The topological polar surface area (TPSA) is 32.3 Å². The second kappa shape index (κ2) is 8.13. The summed E-state index contributed by atoms with van der Waals surface area (Å²) in [5, 5.41) is 2.68. The van der Waals surface area contributed by atoms with Crippen molar-refractivity contribution < 1.29 is 9.18 Å². The summed E-state index contributed by atoms with van der Waals surface area (Å²) < 4.78 is 13.8. The van der Waals surface area contributed by atoms with E-state index < -0.39 is 5.82 Å². The van der Waals surface area contributed by atoms with Crippen molar-refractivity contribution in [1.29, 1.82) is 0 Å². The Hall–Kier alpha value is -0.850. The van der Waals surface area contributed by atoms with Crippen LogP contribution in [0.3, 0.4) is 0 Å². The summed E-state index contributed by atoms with van der Waals surface area (Å²) in [7, 11) is 0. The third-order valence-corrected chi connectivity index (χ3v) is 5.39. The van der Waals surface area contributed by atoms with Crippen LogP contribution in [-0.2, 0) is 4.79 Å². The number of hydrogen-bond acceptors (Lipinski definition) is 3. The lowest BCUT2D eigenvalue weighted by atomic mass is 10.00. The van der Waals surface area contributed by atoms with Crippen molar-refractivity contribution in [3.63, 3.8) is 0 Å². The summed E-state index contributed by atoms with van der Waals surface area (Å²) in [5.74, 6) is 0.297. The number of hydrogen-bond donors (Lipinski definition) is 1. The summed E-state index contributed by atoms with van der Waals surface area (Å²) in [6, 6.07) is 4.10. The lowest BCUT2D eigenvalue weighted by Crippen LogP contribution is -2.36. The van der Waals surface area contributed by atoms with E-state index in [1.165, 1.54) is 30.0 Å². The van der Waals surface area contributed by atoms with Crippen molar-refractivity contribution >= 4 is 51.5 Å². The highest BCUT2D eigenvalue weighted by atomic mass is 35.5. The van der Waals surface area contributed by atoms with E-state index in [4.69, 9.17) is 23.8 Å². The van der Waals surface area contributed by atoms with Crippen LogP contribution in [-0.4, -0.2) is 34.0 Å². The van der Waals surface area contributed by atoms with E-state index in [-0.39, 0.29) is 16.7 Å². The molecule has 0 radical (unpaired) electrons. The quantitative estimate of drug-likeness (QED) is 0.820. The van der Waals surface area contributed by atoms with Crippen molar-refractivity contribution in [3.05, 3.63) is 29.0 Å². The fourth-order valence-electron chi connectivity index (χ4n) is 2.18. The van der Waals surface area contributed by atoms with Crippen LogP contribution < -0.4 is 5.32 Å². The third-order valence-electron chi connectivity index (χ3n) is 3.57. The Morgan fingerprint density at radius 3 is 2.82 bits per heavy atom. The minimum absolute atomic E-state index is 0.0107. The maximum absolute atomic E-state index is 13.1. The number of nitrogens with zero attached hydrogens (tertiary/aromatic N) is 1. The molecule has 2 rings (SSSR count). The smallest absolute Gasteiger partial charge is 0.234 e. The first-order valence-electron chi connectivity index (χ1n) is 7.12. The highest BCUT2D eigenvalue weighted by Crippen LogP contribution is 2.21. The molecule has 0 bridgehead atoms. The Bertz CT molecular complexity index is 562. The van der Waals surface area contributed by atoms with E-state index >= 15 is 0 Å². The van der Waals surface area contributed by atoms with Crippen molar-refractivity contribution in [2.75, 3.05) is 24.2 Å². The molecule has 1 aromatic carbocycles. The van der Waals surface area contributed by atoms with Gasteiger partial charge in [-0.1, -0.05) is 42.5 Å². The maximum Gasteiger partial charge on any atom is 0.234 e. The van der Waals surface area contributed by atoms with Crippen LogP contribution in [0.25, 0.3) is 0 Å². The number of amides is 1. The number of anilines is 1. The van der Waals surface area contributed by atoms with Gasteiger partial charge in [-0.3, -0.25) is 4.79 Å². The second-order valence-electron chi connectivity index (χ2n) is 5.40. The van der Waals surface area contributed by atoms with Crippen molar-refractivity contribution in [2.45, 2.75) is 19.8 Å². The maximum atomic E-state index is 13.1. The van der Waals surface area contributed by atoms with Crippen LogP contribution in [0, 0.1) is 11.7 Å². The molecule has 1 heterocycles. The van der Waals surface area contributed by atoms with Gasteiger partial charge in [-0.05, 0) is 37.0 Å². The Morgan fingerprint density at radius 1 is 1.50 bits per heavy atom. The van der Waals surface area contributed by atoms with Gasteiger partial charge in [-0.2, -0.15) is 0 Å². The number of thioether (sulfide) groups is 1. The van der Waals surface area contributed by atoms with Gasteiger partial charge in [0.15, 0.2) is 0 Å². The van der Waals surface area contributed by atoms with Gasteiger partial charge in [0.2, 0.25) is 5.91 Å². The van der Waals surface area contributed by atoms with Gasteiger partial charge < -0.3 is 10.2 Å². The summed E-state index contributed by atoms with van der Waals surface area (Å²) in [4.78, 5) is 14.1. The molecule has 1 N–H and O–H groups in total. The fourth-order valence-corrected chi connectivity index (χ4v) is 3.41. The molecule has 22 heavy (non-hydrogen) atoms. The lowest BCUT2D eigenvalue weighted by Gasteiger charge is -2.31. The van der Waals surface area contributed by atoms with E-state index in [0.717, 1.165) is 36.2 Å². The highest BCUT2D eigenvalue weighted by Gasteiger charge is 2.18. The molecule has 1 saturated heterocycles. The number of piperidine rings is 1. The van der Waals surface area contributed by atoms with E-state index in [1.54, 1.807) is 0 Å². The monoisotopic (exact) mass is 360 g/mol. The summed E-state index contributed by atoms with van der Waals surface area (Å²) in [5.41, 5.74) is 0.481. The van der Waals surface area contributed by atoms with Gasteiger partial charge >= 0.3 is 0 Å². The minimum atomic E-state index is -0.505. The van der Waals surface area contributed by atoms with Crippen molar-refractivity contribution in [3.8, 4) is 0 Å². The molecule has 1 amide bonds. The number of carbonyl (C=O) groups excluding carboxylic acids is 1. The highest BCUT2D eigenvalue weighted by molar-refractivity contribution is 8.23. The zero-order chi connectivity index (χ0) is 16.1. The second-order valence-corrected chi connectivity index (χ2v) is 7.42. The van der Waals surface area contributed by atoms with Crippen molar-refractivity contribution in [2.24, 2.45) is 5.92 Å². The SMILES string of the molecule is CC1CCN(C(=S)SCC(=O)Nc2ccc(F)c(Cl)c2)CC1. The molecule has 1 aliphatic heterocycles. The zero-order valence-corrected chi connectivity index (χ0v) is 14.7. The van der Waals surface area contributed by atoms with Crippen LogP contribution in [0.1, 0.15) is 19.8 Å². The van der Waals surface area contributed by atoms with Gasteiger partial charge in [0.1, 0.15) is 10.1 Å². The molecule has 0 aliphatic carbocycles. The van der Waals surface area contributed by atoms with Crippen LogP contribution >= 0.6 is 35.6 Å². The molecule has 0 unspecified atom stereocenters. The summed E-state index contributed by atoms with van der Waals surface area (Å²) >= 11 is 12.4. The number of halogens is 2. The standard InChI is InChI=1S/C15H18ClFN2OS2/c1-10-4-6-19(7-5-10)15(21)22-9-14(20)18-11-2-3-13(17)12(16)8-11/h2-3,8,10H,4-7,9H2,1H3,(H,18,20). The number of carbonyl (C=O) groups is 1. The third kappa shape index (κ3) is 5.11. The van der Waals surface area contributed by atoms with Gasteiger partial charge in [-0.25, -0.2) is 4.39 Å². The van der Waals surface area contributed by atoms with Gasteiger partial charge in [0.25, 0.3) is 0 Å². The lowest BCUT2D eigenvalue weighted by molar-refractivity contribution is -0.113. The van der Waals surface area contributed by atoms with Crippen LogP contribution in [0.2, 0.25) is 5.02 Å². The number of benzene rings is 1. The molecule has 7 heteroatoms. The van der Waals surface area contributed by atoms with Crippen molar-refractivity contribution in [1.82, 2.24) is 4.90 Å². The predicted molar refractivity (Wildman–Crippen MR) is 95.1 cm³/mol. The fraction of sp³-hybridized carbons (Fsp3) is 0.467. The molecule has 1 aromatic rings. The average molecular weight is 361 g/mol. The Labute approximate surface area is 144 Å². The summed E-state index contributed by atoms with van der Waals surface area (Å²) in [6.07, 6.45) is 2.28. The van der Waals surface area contributed by atoms with E-state index in [9.17, 15) is 9.18 Å². The number of likely N-dealkylation sites (tertiary alicyclic amines) is 1. The Balaban J connectivity index is 1.77. The van der Waals surface area contributed by atoms with E-state index in [1.807, 2.05) is 0 Å². The number of rotatable bonds is 3. The molecule has 0 aromatic heterocycles. The molecule has 0 atom stereocenters. The van der Waals surface area contributed by atoms with Crippen LogP contribution in [0.5, 0.6) is 0 Å². The molecule has 0 saturated carbocycles. The van der Waals surface area contributed by atoms with Crippen LogP contribution in [0.4, 0.5) is 10.1 Å². The van der Waals surface area contributed by atoms with Crippen LogP contribution in [0.15, 0.2) is 18.2 Å².